The van der Waals surface area contributed by atoms with Gasteiger partial charge in [0.15, 0.2) is 0 Å². The first-order valence-corrected chi connectivity index (χ1v) is 11.2. The molecule has 162 valence electrons. The Morgan fingerprint density at radius 3 is 2.17 bits per heavy atom. The third-order valence-electron chi connectivity index (χ3n) is 4.98. The molecular formula is C19H30N4O5S. The van der Waals surface area contributed by atoms with E-state index in [-0.39, 0.29) is 16.9 Å². The van der Waals surface area contributed by atoms with Crippen molar-refractivity contribution >= 4 is 22.0 Å². The first kappa shape index (κ1) is 23.1. The van der Waals surface area contributed by atoms with E-state index in [2.05, 4.69) is 10.2 Å². The number of carbonyl (C=O) groups is 2. The minimum absolute atomic E-state index is 0.182. The number of nitrogens with one attached hydrogen (secondary N) is 1. The quantitative estimate of drug-likeness (QED) is 0.661. The van der Waals surface area contributed by atoms with Crippen LogP contribution in [0.1, 0.15) is 24.2 Å². The van der Waals surface area contributed by atoms with Crippen LogP contribution in [0, 0.1) is 0 Å². The highest BCUT2D eigenvalue weighted by molar-refractivity contribution is 7.89. The summed E-state index contributed by atoms with van der Waals surface area (Å²) in [6, 6.07) is 5.99. The summed E-state index contributed by atoms with van der Waals surface area (Å²) in [5.74, 6) is -0.245. The van der Waals surface area contributed by atoms with Crippen molar-refractivity contribution in [3.8, 4) is 0 Å². The molecule has 1 aromatic carbocycles. The van der Waals surface area contributed by atoms with Gasteiger partial charge in [0, 0.05) is 57.9 Å². The molecule has 1 aliphatic rings. The van der Waals surface area contributed by atoms with Crippen LogP contribution >= 0.6 is 0 Å². The van der Waals surface area contributed by atoms with Gasteiger partial charge in [-0.2, -0.15) is 4.31 Å². The number of hydrogen-bond acceptors (Lipinski definition) is 6. The largest absolute Gasteiger partial charge is 0.453 e. The van der Waals surface area contributed by atoms with Gasteiger partial charge >= 0.3 is 6.09 Å². The molecule has 10 heteroatoms. The maximum atomic E-state index is 12.5. The Bertz CT molecular complexity index is 785. The smallest absolute Gasteiger partial charge is 0.409 e. The van der Waals surface area contributed by atoms with Crippen LogP contribution in [0.4, 0.5) is 4.79 Å². The van der Waals surface area contributed by atoms with Crippen LogP contribution < -0.4 is 5.32 Å². The molecule has 1 heterocycles. The van der Waals surface area contributed by atoms with Gasteiger partial charge in [-0.3, -0.25) is 9.69 Å². The summed E-state index contributed by atoms with van der Waals surface area (Å²) in [6.07, 6.45) is -0.315. The predicted molar refractivity (Wildman–Crippen MR) is 109 cm³/mol. The number of methoxy groups -OCH3 is 1. The van der Waals surface area contributed by atoms with Crippen molar-refractivity contribution < 1.29 is 22.7 Å². The molecule has 0 saturated carbocycles. The fraction of sp³-hybridized carbons (Fsp3) is 0.579. The first-order chi connectivity index (χ1) is 13.8. The van der Waals surface area contributed by atoms with E-state index in [0.29, 0.717) is 44.8 Å². The van der Waals surface area contributed by atoms with E-state index in [0.717, 1.165) is 13.1 Å². The molecule has 29 heavy (non-hydrogen) atoms. The number of nitrogens with zero attached hydrogens (tertiary/aromatic N) is 3. The summed E-state index contributed by atoms with van der Waals surface area (Å²) < 4.78 is 31.1. The zero-order chi connectivity index (χ0) is 21.4. The molecule has 0 aliphatic carbocycles. The second-order valence-electron chi connectivity index (χ2n) is 6.67. The Labute approximate surface area is 172 Å². The summed E-state index contributed by atoms with van der Waals surface area (Å²) >= 11 is 0. The van der Waals surface area contributed by atoms with Crippen molar-refractivity contribution in [1.29, 1.82) is 0 Å². The lowest BCUT2D eigenvalue weighted by Gasteiger charge is -2.33. The van der Waals surface area contributed by atoms with Gasteiger partial charge in [0.1, 0.15) is 0 Å². The maximum absolute atomic E-state index is 12.5. The molecule has 0 atom stereocenters. The van der Waals surface area contributed by atoms with Crippen LogP contribution in [0.2, 0.25) is 0 Å². The molecule has 9 nitrogen and oxygen atoms in total. The highest BCUT2D eigenvalue weighted by atomic mass is 32.2. The standard InChI is InChI=1S/C19H30N4O5S/c1-4-23(5-2)29(26,27)17-8-6-16(7-9-17)18(24)20-10-11-21-12-14-22(15-13-21)19(25)28-3/h6-9H,4-5,10-15H2,1-3H3,(H,20,24). The number of amides is 2. The fourth-order valence-electron chi connectivity index (χ4n) is 3.20. The summed E-state index contributed by atoms with van der Waals surface area (Å²) in [6.45, 7) is 8.17. The van der Waals surface area contributed by atoms with Gasteiger partial charge < -0.3 is 15.0 Å². The van der Waals surface area contributed by atoms with E-state index in [1.807, 2.05) is 0 Å². The molecule has 0 aromatic heterocycles. The lowest BCUT2D eigenvalue weighted by atomic mass is 10.2. The van der Waals surface area contributed by atoms with Crippen LogP contribution in [0.25, 0.3) is 0 Å². The van der Waals surface area contributed by atoms with E-state index in [1.54, 1.807) is 18.7 Å². The van der Waals surface area contributed by atoms with Crippen molar-refractivity contribution in [1.82, 2.24) is 19.4 Å². The molecule has 0 radical (unpaired) electrons. The molecule has 1 fully saturated rings. The van der Waals surface area contributed by atoms with E-state index in [1.165, 1.54) is 35.7 Å². The maximum Gasteiger partial charge on any atom is 0.409 e. The number of carbonyl (C=O) groups excluding carboxylic acids is 2. The molecule has 1 aromatic rings. The Hall–Kier alpha value is -2.17. The minimum atomic E-state index is -3.53. The summed E-state index contributed by atoms with van der Waals surface area (Å²) in [7, 11) is -2.16. The van der Waals surface area contributed by atoms with E-state index in [4.69, 9.17) is 4.74 Å². The van der Waals surface area contributed by atoms with E-state index in [9.17, 15) is 18.0 Å². The average molecular weight is 427 g/mol. The summed E-state index contributed by atoms with van der Waals surface area (Å²) in [5, 5.41) is 2.85. The molecule has 0 spiro atoms. The van der Waals surface area contributed by atoms with Crippen molar-refractivity contribution in [2.45, 2.75) is 18.7 Å². The topological polar surface area (TPSA) is 99.3 Å². The third-order valence-corrected chi connectivity index (χ3v) is 7.04. The van der Waals surface area contributed by atoms with Gasteiger partial charge in [-0.25, -0.2) is 13.2 Å². The Balaban J connectivity index is 1.82. The number of hydrogen-bond donors (Lipinski definition) is 1. The molecule has 0 unspecified atom stereocenters. The zero-order valence-corrected chi connectivity index (χ0v) is 18.1. The van der Waals surface area contributed by atoms with Gasteiger partial charge in [0.2, 0.25) is 10.0 Å². The summed E-state index contributed by atoms with van der Waals surface area (Å²) in [4.78, 5) is 27.8. The SMILES string of the molecule is CCN(CC)S(=O)(=O)c1ccc(C(=O)NCCN2CCN(C(=O)OC)CC2)cc1. The lowest BCUT2D eigenvalue weighted by Crippen LogP contribution is -2.50. The second-order valence-corrected chi connectivity index (χ2v) is 8.61. The van der Waals surface area contributed by atoms with Crippen LogP contribution in [0.3, 0.4) is 0 Å². The number of piperazine rings is 1. The van der Waals surface area contributed by atoms with Gasteiger partial charge in [-0.1, -0.05) is 13.8 Å². The number of benzene rings is 1. The fourth-order valence-corrected chi connectivity index (χ4v) is 4.66. The Morgan fingerprint density at radius 2 is 1.66 bits per heavy atom. The normalized spacial score (nSPS) is 15.4. The van der Waals surface area contributed by atoms with Crippen molar-refractivity contribution in [3.05, 3.63) is 29.8 Å². The second kappa shape index (κ2) is 10.6. The van der Waals surface area contributed by atoms with Gasteiger partial charge in [0.05, 0.1) is 12.0 Å². The molecule has 0 bridgehead atoms. The molecule has 1 N–H and O–H groups in total. The highest BCUT2D eigenvalue weighted by Gasteiger charge is 2.22. The minimum Gasteiger partial charge on any atom is -0.453 e. The predicted octanol–water partition coefficient (Wildman–Crippen LogP) is 0.831. The number of sulfonamides is 1. The van der Waals surface area contributed by atoms with Crippen LogP contribution in [-0.4, -0.2) is 94.0 Å². The number of rotatable bonds is 8. The van der Waals surface area contributed by atoms with Gasteiger partial charge in [-0.15, -0.1) is 0 Å². The molecular weight excluding hydrogens is 396 g/mol. The Morgan fingerprint density at radius 1 is 1.07 bits per heavy atom. The number of ether oxygens (including phenoxy) is 1. The summed E-state index contributed by atoms with van der Waals surface area (Å²) in [5.41, 5.74) is 0.416. The van der Waals surface area contributed by atoms with E-state index < -0.39 is 10.0 Å². The van der Waals surface area contributed by atoms with E-state index >= 15 is 0 Å². The van der Waals surface area contributed by atoms with Gasteiger partial charge in [0.25, 0.3) is 5.91 Å². The first-order valence-electron chi connectivity index (χ1n) is 9.77. The van der Waals surface area contributed by atoms with Crippen LogP contribution in [0.5, 0.6) is 0 Å². The lowest BCUT2D eigenvalue weighted by molar-refractivity contribution is 0.0885. The average Bonchev–Trinajstić information content (AvgIpc) is 2.74. The third kappa shape index (κ3) is 5.91. The molecule has 2 amide bonds. The molecule has 1 saturated heterocycles. The monoisotopic (exact) mass is 426 g/mol. The van der Waals surface area contributed by atoms with Crippen LogP contribution in [-0.2, 0) is 14.8 Å². The van der Waals surface area contributed by atoms with Crippen molar-refractivity contribution in [2.24, 2.45) is 0 Å². The molecule has 2 rings (SSSR count). The van der Waals surface area contributed by atoms with Crippen molar-refractivity contribution in [3.63, 3.8) is 0 Å². The van der Waals surface area contributed by atoms with Gasteiger partial charge in [-0.05, 0) is 24.3 Å². The zero-order valence-electron chi connectivity index (χ0n) is 17.3. The molecule has 1 aliphatic heterocycles. The highest BCUT2D eigenvalue weighted by Crippen LogP contribution is 2.16. The van der Waals surface area contributed by atoms with Crippen molar-refractivity contribution in [2.75, 3.05) is 59.5 Å². The van der Waals surface area contributed by atoms with Crippen LogP contribution in [0.15, 0.2) is 29.2 Å². The Kier molecular flexibility index (Phi) is 8.42.